The van der Waals surface area contributed by atoms with E-state index in [1.807, 2.05) is 27.7 Å². The van der Waals surface area contributed by atoms with Crippen molar-refractivity contribution in [3.05, 3.63) is 34.3 Å². The maximum Gasteiger partial charge on any atom is 0.352 e. The maximum absolute atomic E-state index is 14.3. The summed E-state index contributed by atoms with van der Waals surface area (Å²) in [6.45, 7) is 11.4. The van der Waals surface area contributed by atoms with Crippen molar-refractivity contribution in [2.24, 2.45) is 11.8 Å². The molecule has 1 aromatic rings. The normalized spacial score (nSPS) is 21.6. The molecule has 2 rings (SSSR count). The molecule has 0 amide bonds. The van der Waals surface area contributed by atoms with E-state index in [1.165, 1.54) is 19.2 Å². The van der Waals surface area contributed by atoms with E-state index in [-0.39, 0.29) is 49.5 Å². The molecule has 1 aromatic heterocycles. The number of hydrogen-bond donors (Lipinski definition) is 5. The summed E-state index contributed by atoms with van der Waals surface area (Å²) in [4.78, 5) is 41.5. The first-order valence-electron chi connectivity index (χ1n) is 13.8. The smallest absolute Gasteiger partial charge is 0.352 e. The van der Waals surface area contributed by atoms with Gasteiger partial charge in [-0.2, -0.15) is 4.98 Å². The quantitative estimate of drug-likeness (QED) is 0.133. The molecule has 4 atom stereocenters. The number of esters is 2. The van der Waals surface area contributed by atoms with Gasteiger partial charge >= 0.3 is 25.3 Å². The van der Waals surface area contributed by atoms with Crippen LogP contribution in [0, 0.1) is 11.8 Å². The Kier molecular flexibility index (Phi) is 12.6. The summed E-state index contributed by atoms with van der Waals surface area (Å²) < 4.78 is 37.0. The summed E-state index contributed by atoms with van der Waals surface area (Å²) in [5.74, 6) is -2.48. The number of nitrogens with two attached hydrogens (primary N) is 1. The van der Waals surface area contributed by atoms with Crippen molar-refractivity contribution in [2.75, 3.05) is 25.6 Å². The van der Waals surface area contributed by atoms with Crippen molar-refractivity contribution in [1.82, 2.24) is 19.7 Å². The molecule has 1 aliphatic rings. The van der Waals surface area contributed by atoms with Gasteiger partial charge < -0.3 is 30.2 Å². The number of hydrogen-bond acceptors (Lipinski definition) is 12. The first kappa shape index (κ1) is 35.2. The molecule has 42 heavy (non-hydrogen) atoms. The predicted octanol–water partition coefficient (Wildman–Crippen LogP) is 2.13. The Labute approximate surface area is 245 Å². The minimum atomic E-state index is -4.33. The maximum atomic E-state index is 14.3. The molecule has 1 aliphatic heterocycles. The lowest BCUT2D eigenvalue weighted by atomic mass is 10.0. The van der Waals surface area contributed by atoms with Gasteiger partial charge in [-0.15, -0.1) is 0 Å². The highest BCUT2D eigenvalue weighted by atomic mass is 31.2. The second-order valence-electron chi connectivity index (χ2n) is 10.9. The minimum absolute atomic E-state index is 0.0236. The largest absolute Gasteiger partial charge is 0.506 e. The summed E-state index contributed by atoms with van der Waals surface area (Å²) >= 11 is 0. The van der Waals surface area contributed by atoms with Crippen LogP contribution in [0.1, 0.15) is 67.5 Å². The lowest BCUT2D eigenvalue weighted by Crippen LogP contribution is -2.45. The van der Waals surface area contributed by atoms with Gasteiger partial charge in [0, 0.05) is 6.20 Å². The van der Waals surface area contributed by atoms with Crippen molar-refractivity contribution in [3.8, 4) is 0 Å². The van der Waals surface area contributed by atoms with Gasteiger partial charge in [0.1, 0.15) is 24.5 Å². The first-order chi connectivity index (χ1) is 19.5. The molecule has 0 spiro atoms. The average molecular weight is 618 g/mol. The number of carbonyl (C=O) groups is 2. The van der Waals surface area contributed by atoms with Gasteiger partial charge in [-0.05, 0) is 51.5 Å². The van der Waals surface area contributed by atoms with Crippen LogP contribution in [0.15, 0.2) is 28.6 Å². The van der Waals surface area contributed by atoms with Crippen LogP contribution >= 0.6 is 7.67 Å². The number of aromatic nitrogens is 2. The molecular weight excluding hydrogens is 573 g/mol. The predicted molar refractivity (Wildman–Crippen MR) is 153 cm³/mol. The fourth-order valence-electron chi connectivity index (χ4n) is 4.24. The van der Waals surface area contributed by atoms with Gasteiger partial charge in [-0.1, -0.05) is 27.7 Å². The van der Waals surface area contributed by atoms with Gasteiger partial charge in [-0.25, -0.2) is 15.0 Å². The summed E-state index contributed by atoms with van der Waals surface area (Å²) in [5, 5.41) is 27.2. The summed E-state index contributed by atoms with van der Waals surface area (Å²) in [7, 11) is -4.33. The fourth-order valence-corrected chi connectivity index (χ4v) is 6.01. The molecule has 0 aliphatic carbocycles. The summed E-state index contributed by atoms with van der Waals surface area (Å²) in [6.07, 6.45) is 0.214. The highest BCUT2D eigenvalue weighted by Gasteiger charge is 2.49. The number of anilines is 1. The zero-order valence-electron chi connectivity index (χ0n) is 25.2. The summed E-state index contributed by atoms with van der Waals surface area (Å²) in [5.41, 5.74) is 2.59. The molecule has 0 aromatic carbocycles. The highest BCUT2D eigenvalue weighted by molar-refractivity contribution is 7.54. The lowest BCUT2D eigenvalue weighted by molar-refractivity contribution is -0.146. The second kappa shape index (κ2) is 15.0. The second-order valence-corrected chi connectivity index (χ2v) is 12.8. The molecule has 0 bridgehead atoms. The van der Waals surface area contributed by atoms with E-state index in [1.54, 1.807) is 13.8 Å². The van der Waals surface area contributed by atoms with Crippen molar-refractivity contribution in [3.63, 3.8) is 0 Å². The van der Waals surface area contributed by atoms with E-state index in [9.17, 15) is 29.2 Å². The standard InChI is InChI=1S/C26H44N5O10P/c1-8-38-22(33)17(12-15(3)4)29-42(37,30-18(13-16(5)6)23(34)39-9-2)40-14-19-21(32)26(7,36)24(41-19)31-11-10-20(27)28-25(31)35/h10-11,15-18,24,32,36H,8-9,12-14H2,1-7H3,(H2,27,28,35)(H2,29,30,37)/t17?,18?,24-,26?,42?/m1/s1. The van der Waals surface area contributed by atoms with Crippen LogP contribution in [-0.2, 0) is 32.9 Å². The third kappa shape index (κ3) is 9.27. The molecular formula is C26H44N5O10P. The Morgan fingerprint density at radius 1 is 1.12 bits per heavy atom. The monoisotopic (exact) mass is 617 g/mol. The van der Waals surface area contributed by atoms with Gasteiger partial charge in [0.05, 0.1) is 13.2 Å². The zero-order valence-corrected chi connectivity index (χ0v) is 26.1. The molecule has 0 saturated heterocycles. The number of nitrogens with zero attached hydrogens (tertiary/aromatic N) is 2. The van der Waals surface area contributed by atoms with Crippen molar-refractivity contribution < 1.29 is 43.1 Å². The third-order valence-corrected chi connectivity index (χ3v) is 7.96. The molecule has 0 saturated carbocycles. The van der Waals surface area contributed by atoms with Crippen LogP contribution < -0.4 is 21.6 Å². The SMILES string of the molecule is CCOC(=O)C(CC(C)C)NP(=O)(NC(CC(C)C)C(=O)OCC)OCC1=C(O)C(C)(O)[C@H](n2ccc(N)nc2=O)O1. The number of carbonyl (C=O) groups excluding carboxylic acids is 2. The fraction of sp³-hybridized carbons (Fsp3) is 0.692. The topological polar surface area (TPSA) is 214 Å². The molecule has 15 nitrogen and oxygen atoms in total. The highest BCUT2D eigenvalue weighted by Crippen LogP contribution is 2.44. The molecule has 3 unspecified atom stereocenters. The molecule has 0 radical (unpaired) electrons. The van der Waals surface area contributed by atoms with Crippen molar-refractivity contribution in [2.45, 2.75) is 85.2 Å². The summed E-state index contributed by atoms with van der Waals surface area (Å²) in [6, 6.07) is -0.872. The Hall–Kier alpha value is -2.97. The number of aliphatic hydroxyl groups excluding tert-OH is 1. The molecule has 16 heteroatoms. The van der Waals surface area contributed by atoms with Gasteiger partial charge in [0.2, 0.25) is 6.23 Å². The number of nitrogens with one attached hydrogen (secondary N) is 2. The van der Waals surface area contributed by atoms with Crippen LogP contribution in [0.5, 0.6) is 0 Å². The van der Waals surface area contributed by atoms with Gasteiger partial charge in [-0.3, -0.25) is 23.2 Å². The average Bonchev–Trinajstić information content (AvgIpc) is 3.10. The van der Waals surface area contributed by atoms with E-state index in [0.29, 0.717) is 0 Å². The van der Waals surface area contributed by atoms with Crippen LogP contribution in [0.25, 0.3) is 0 Å². The first-order valence-corrected chi connectivity index (χ1v) is 15.5. The van der Waals surface area contributed by atoms with Crippen LogP contribution in [-0.4, -0.2) is 69.2 Å². The Morgan fingerprint density at radius 2 is 1.62 bits per heavy atom. The van der Waals surface area contributed by atoms with E-state index in [2.05, 4.69) is 15.2 Å². The van der Waals surface area contributed by atoms with E-state index in [0.717, 1.165) is 4.57 Å². The Balaban J connectivity index is 2.43. The van der Waals surface area contributed by atoms with Crippen LogP contribution in [0.2, 0.25) is 0 Å². The van der Waals surface area contributed by atoms with Gasteiger partial charge in [0.25, 0.3) is 0 Å². The molecule has 238 valence electrons. The molecule has 2 heterocycles. The Bertz CT molecular complexity index is 1190. The van der Waals surface area contributed by atoms with E-state index < -0.39 is 61.6 Å². The lowest BCUT2D eigenvalue weighted by Gasteiger charge is -2.29. The van der Waals surface area contributed by atoms with Crippen molar-refractivity contribution >= 4 is 25.4 Å². The van der Waals surface area contributed by atoms with Crippen LogP contribution in [0.4, 0.5) is 5.82 Å². The van der Waals surface area contributed by atoms with E-state index in [4.69, 9.17) is 24.5 Å². The number of rotatable bonds is 16. The number of aliphatic hydroxyl groups is 2. The minimum Gasteiger partial charge on any atom is -0.506 e. The number of ether oxygens (including phenoxy) is 3. The Morgan fingerprint density at radius 3 is 2.05 bits per heavy atom. The molecule has 6 N–H and O–H groups in total. The van der Waals surface area contributed by atoms with Crippen LogP contribution in [0.3, 0.4) is 0 Å². The number of nitrogen functional groups attached to an aromatic ring is 1. The molecule has 0 fully saturated rings. The van der Waals surface area contributed by atoms with E-state index >= 15 is 0 Å². The van der Waals surface area contributed by atoms with Crippen molar-refractivity contribution in [1.29, 1.82) is 0 Å². The third-order valence-electron chi connectivity index (χ3n) is 6.17. The van der Waals surface area contributed by atoms with Gasteiger partial charge in [0.15, 0.2) is 17.1 Å². The zero-order chi connectivity index (χ0) is 31.8.